The largest absolute Gasteiger partial charge is 0.457 e. The fraction of sp³-hybridized carbons (Fsp3) is 0.160. The number of nitrogens with one attached hydrogen (secondary N) is 3. The molecule has 7 nitrogen and oxygen atoms in total. The number of carbonyl (C=O) groups is 2. The number of nitrogens with zero attached hydrogens (tertiary/aromatic N) is 1. The van der Waals surface area contributed by atoms with Crippen LogP contribution in [0, 0.1) is 0 Å². The van der Waals surface area contributed by atoms with Crippen LogP contribution in [-0.2, 0) is 16.0 Å². The number of para-hydroxylation sites is 1. The van der Waals surface area contributed by atoms with Crippen molar-refractivity contribution in [3.05, 3.63) is 84.4 Å². The van der Waals surface area contributed by atoms with E-state index < -0.39 is 6.04 Å². The Balaban J connectivity index is 1.30. The summed E-state index contributed by atoms with van der Waals surface area (Å²) >= 11 is 0. The molecule has 32 heavy (non-hydrogen) atoms. The second kappa shape index (κ2) is 9.78. The van der Waals surface area contributed by atoms with Crippen LogP contribution in [0.5, 0.6) is 11.5 Å². The Kier molecular flexibility index (Phi) is 6.46. The van der Waals surface area contributed by atoms with Crippen molar-refractivity contribution in [3.8, 4) is 11.5 Å². The fourth-order valence-electron chi connectivity index (χ4n) is 3.23. The average molecular weight is 428 g/mol. The van der Waals surface area contributed by atoms with Gasteiger partial charge in [0.2, 0.25) is 11.9 Å². The van der Waals surface area contributed by atoms with Crippen molar-refractivity contribution in [2.75, 3.05) is 10.6 Å². The summed E-state index contributed by atoms with van der Waals surface area (Å²) in [6, 6.07) is 23.6. The summed E-state index contributed by atoms with van der Waals surface area (Å²) in [4.78, 5) is 28.9. The van der Waals surface area contributed by atoms with E-state index in [1.807, 2.05) is 54.6 Å². The summed E-state index contributed by atoms with van der Waals surface area (Å²) in [5.41, 5.74) is 2.67. The highest BCUT2D eigenvalue weighted by atomic mass is 16.5. The predicted octanol–water partition coefficient (Wildman–Crippen LogP) is 4.34. The van der Waals surface area contributed by atoms with Crippen molar-refractivity contribution < 1.29 is 14.3 Å². The summed E-state index contributed by atoms with van der Waals surface area (Å²) in [6.45, 7) is 2.09. The monoisotopic (exact) mass is 428 g/mol. The van der Waals surface area contributed by atoms with Crippen molar-refractivity contribution >= 4 is 29.1 Å². The summed E-state index contributed by atoms with van der Waals surface area (Å²) in [5, 5.41) is 8.55. The molecule has 0 saturated carbocycles. The van der Waals surface area contributed by atoms with Gasteiger partial charge < -0.3 is 15.4 Å². The first-order valence-corrected chi connectivity index (χ1v) is 10.5. The van der Waals surface area contributed by atoms with Crippen LogP contribution in [0.1, 0.15) is 18.9 Å². The van der Waals surface area contributed by atoms with Gasteiger partial charge in [-0.1, -0.05) is 37.3 Å². The molecular weight excluding hydrogens is 404 g/mol. The minimum Gasteiger partial charge on any atom is -0.457 e. The summed E-state index contributed by atoms with van der Waals surface area (Å²) in [7, 11) is 0. The van der Waals surface area contributed by atoms with Gasteiger partial charge in [0.25, 0.3) is 5.91 Å². The zero-order valence-corrected chi connectivity index (χ0v) is 17.7. The quantitative estimate of drug-likeness (QED) is 0.522. The SMILES string of the molecule is CCc1ccc(NC2=NC(CC(=O)Nc3ccc(Oc4ccccc4)cc3)C(=O)N2)cc1. The minimum atomic E-state index is -0.770. The number of ether oxygens (including phenoxy) is 1. The van der Waals surface area contributed by atoms with E-state index in [2.05, 4.69) is 27.9 Å². The van der Waals surface area contributed by atoms with Crippen molar-refractivity contribution in [1.29, 1.82) is 0 Å². The van der Waals surface area contributed by atoms with E-state index >= 15 is 0 Å². The first-order valence-electron chi connectivity index (χ1n) is 10.5. The molecule has 0 bridgehead atoms. The Morgan fingerprint density at radius 3 is 2.28 bits per heavy atom. The fourth-order valence-corrected chi connectivity index (χ4v) is 3.23. The number of guanidine groups is 1. The second-order valence-corrected chi connectivity index (χ2v) is 7.35. The number of rotatable bonds is 7. The molecule has 2 amide bonds. The molecule has 0 fully saturated rings. The highest BCUT2D eigenvalue weighted by molar-refractivity contribution is 6.11. The predicted molar refractivity (Wildman–Crippen MR) is 125 cm³/mol. The van der Waals surface area contributed by atoms with E-state index in [4.69, 9.17) is 4.74 Å². The van der Waals surface area contributed by atoms with E-state index in [9.17, 15) is 9.59 Å². The molecule has 7 heteroatoms. The molecule has 1 unspecified atom stereocenters. The Labute approximate surface area is 186 Å². The number of hydrogen-bond acceptors (Lipinski definition) is 5. The molecule has 0 aliphatic carbocycles. The lowest BCUT2D eigenvalue weighted by atomic mass is 10.1. The van der Waals surface area contributed by atoms with Gasteiger partial charge in [-0.3, -0.25) is 14.9 Å². The zero-order chi connectivity index (χ0) is 22.3. The average Bonchev–Trinajstić information content (AvgIpc) is 3.14. The van der Waals surface area contributed by atoms with Crippen molar-refractivity contribution in [2.45, 2.75) is 25.8 Å². The standard InChI is InChI=1S/C25H24N4O3/c1-2-17-8-10-19(11-9-17)27-25-28-22(24(31)29-25)16-23(30)26-18-12-14-21(15-13-18)32-20-6-4-3-5-7-20/h3-15,22H,2,16H2,1H3,(H,26,30)(H2,27,28,29,31). The van der Waals surface area contributed by atoms with Crippen LogP contribution in [0.25, 0.3) is 0 Å². The number of hydrogen-bond donors (Lipinski definition) is 3. The highest BCUT2D eigenvalue weighted by Crippen LogP contribution is 2.23. The van der Waals surface area contributed by atoms with Crippen LogP contribution >= 0.6 is 0 Å². The normalized spacial score (nSPS) is 15.0. The van der Waals surface area contributed by atoms with Crippen LogP contribution in [0.4, 0.5) is 11.4 Å². The molecule has 1 atom stereocenters. The van der Waals surface area contributed by atoms with E-state index in [1.54, 1.807) is 24.3 Å². The molecule has 0 saturated heterocycles. The maximum Gasteiger partial charge on any atom is 0.252 e. The van der Waals surface area contributed by atoms with Gasteiger partial charge in [-0.15, -0.1) is 0 Å². The van der Waals surface area contributed by atoms with Crippen molar-refractivity contribution in [1.82, 2.24) is 5.32 Å². The van der Waals surface area contributed by atoms with E-state index in [0.717, 1.165) is 17.9 Å². The molecular formula is C25H24N4O3. The van der Waals surface area contributed by atoms with Crippen LogP contribution in [0.15, 0.2) is 83.9 Å². The van der Waals surface area contributed by atoms with Gasteiger partial charge in [0.15, 0.2) is 0 Å². The van der Waals surface area contributed by atoms with Crippen LogP contribution in [-0.4, -0.2) is 23.8 Å². The molecule has 1 heterocycles. The van der Waals surface area contributed by atoms with Gasteiger partial charge in [-0.2, -0.15) is 0 Å². The Morgan fingerprint density at radius 2 is 1.59 bits per heavy atom. The summed E-state index contributed by atoms with van der Waals surface area (Å²) < 4.78 is 5.74. The topological polar surface area (TPSA) is 91.8 Å². The van der Waals surface area contributed by atoms with E-state index in [-0.39, 0.29) is 18.2 Å². The number of amides is 2. The lowest BCUT2D eigenvalue weighted by Crippen LogP contribution is -2.33. The van der Waals surface area contributed by atoms with Crippen molar-refractivity contribution in [2.24, 2.45) is 4.99 Å². The van der Waals surface area contributed by atoms with Crippen molar-refractivity contribution in [3.63, 3.8) is 0 Å². The van der Waals surface area contributed by atoms with Gasteiger partial charge in [0.1, 0.15) is 17.5 Å². The molecule has 3 aromatic carbocycles. The molecule has 1 aliphatic rings. The molecule has 1 aliphatic heterocycles. The van der Waals surface area contributed by atoms with Gasteiger partial charge in [0.05, 0.1) is 6.42 Å². The third-order valence-electron chi connectivity index (χ3n) is 4.95. The maximum absolute atomic E-state index is 12.4. The first-order chi connectivity index (χ1) is 15.6. The highest BCUT2D eigenvalue weighted by Gasteiger charge is 2.28. The van der Waals surface area contributed by atoms with Crippen LogP contribution in [0.2, 0.25) is 0 Å². The second-order valence-electron chi connectivity index (χ2n) is 7.35. The number of aliphatic imine (C=N–C) groups is 1. The smallest absolute Gasteiger partial charge is 0.252 e. The molecule has 4 rings (SSSR count). The van der Waals surface area contributed by atoms with Gasteiger partial charge >= 0.3 is 0 Å². The van der Waals surface area contributed by atoms with E-state index in [1.165, 1.54) is 5.56 Å². The van der Waals surface area contributed by atoms with E-state index in [0.29, 0.717) is 17.4 Å². The Hall–Kier alpha value is -4.13. The maximum atomic E-state index is 12.4. The zero-order valence-electron chi connectivity index (χ0n) is 17.7. The summed E-state index contributed by atoms with van der Waals surface area (Å²) in [6.07, 6.45) is 0.909. The van der Waals surface area contributed by atoms with Gasteiger partial charge in [0, 0.05) is 11.4 Å². The number of anilines is 2. The lowest BCUT2D eigenvalue weighted by Gasteiger charge is -2.09. The minimum absolute atomic E-state index is 0.0476. The number of benzene rings is 3. The van der Waals surface area contributed by atoms with Crippen LogP contribution in [0.3, 0.4) is 0 Å². The third-order valence-corrected chi connectivity index (χ3v) is 4.95. The molecule has 3 aromatic rings. The first kappa shape index (κ1) is 21.1. The molecule has 162 valence electrons. The lowest BCUT2D eigenvalue weighted by molar-refractivity contribution is -0.123. The molecule has 0 radical (unpaired) electrons. The molecule has 3 N–H and O–H groups in total. The Morgan fingerprint density at radius 1 is 0.938 bits per heavy atom. The third kappa shape index (κ3) is 5.51. The van der Waals surface area contributed by atoms with Gasteiger partial charge in [-0.25, -0.2) is 4.99 Å². The summed E-state index contributed by atoms with van der Waals surface area (Å²) in [5.74, 6) is 1.15. The molecule has 0 spiro atoms. The van der Waals surface area contributed by atoms with Gasteiger partial charge in [-0.05, 0) is 60.5 Å². The number of carbonyl (C=O) groups excluding carboxylic acids is 2. The van der Waals surface area contributed by atoms with Crippen LogP contribution < -0.4 is 20.7 Å². The Bertz CT molecular complexity index is 1110. The molecule has 0 aromatic heterocycles. The number of aryl methyl sites for hydroxylation is 1.